The van der Waals surface area contributed by atoms with Gasteiger partial charge in [0.1, 0.15) is 0 Å². The number of anilines is 1. The van der Waals surface area contributed by atoms with Crippen molar-refractivity contribution >= 4 is 23.3 Å². The normalized spacial score (nSPS) is 16.3. The Balaban J connectivity index is 1.96. The lowest BCUT2D eigenvalue weighted by molar-refractivity contribution is -0.137. The van der Waals surface area contributed by atoms with Crippen molar-refractivity contribution in [3.8, 4) is 0 Å². The number of benzene rings is 1. The molecule has 1 saturated heterocycles. The van der Waals surface area contributed by atoms with Crippen LogP contribution < -0.4 is 5.32 Å². The lowest BCUT2D eigenvalue weighted by Gasteiger charge is -2.34. The molecule has 0 saturated carbocycles. The van der Waals surface area contributed by atoms with Crippen molar-refractivity contribution in [3.05, 3.63) is 28.8 Å². The van der Waals surface area contributed by atoms with Gasteiger partial charge in [0.15, 0.2) is 0 Å². The number of urea groups is 1. The second kappa shape index (κ2) is 8.04. The zero-order chi connectivity index (χ0) is 17.7. The molecular weight excluding hydrogens is 347 g/mol. The first kappa shape index (κ1) is 18.8. The number of nitrogens with one attached hydrogen (secondary N) is 1. The first-order valence-electron chi connectivity index (χ1n) is 7.45. The fraction of sp³-hybridized carbons (Fsp3) is 0.533. The molecule has 2 amide bonds. The van der Waals surface area contributed by atoms with Crippen LogP contribution in [0.25, 0.3) is 0 Å². The Morgan fingerprint density at radius 2 is 1.96 bits per heavy atom. The van der Waals surface area contributed by atoms with Crippen LogP contribution in [0, 0.1) is 0 Å². The van der Waals surface area contributed by atoms with E-state index in [9.17, 15) is 18.0 Å². The molecule has 5 nitrogen and oxygen atoms in total. The van der Waals surface area contributed by atoms with E-state index in [-0.39, 0.29) is 10.7 Å². The quantitative estimate of drug-likeness (QED) is 0.891. The number of halogens is 4. The monoisotopic (exact) mass is 365 g/mol. The van der Waals surface area contributed by atoms with Gasteiger partial charge in [0, 0.05) is 39.8 Å². The highest BCUT2D eigenvalue weighted by atomic mass is 35.5. The van der Waals surface area contributed by atoms with Gasteiger partial charge in [0.05, 0.1) is 22.9 Å². The molecule has 2 rings (SSSR count). The van der Waals surface area contributed by atoms with Gasteiger partial charge >= 0.3 is 12.2 Å². The third-order valence-corrected chi connectivity index (χ3v) is 4.14. The number of ether oxygens (including phenoxy) is 1. The number of alkyl halides is 3. The van der Waals surface area contributed by atoms with E-state index in [1.807, 2.05) is 0 Å². The van der Waals surface area contributed by atoms with Crippen LogP contribution in [0.3, 0.4) is 0 Å². The molecule has 1 heterocycles. The van der Waals surface area contributed by atoms with E-state index in [1.54, 1.807) is 12.0 Å². The number of amides is 2. The van der Waals surface area contributed by atoms with Crippen LogP contribution in [-0.2, 0) is 10.9 Å². The van der Waals surface area contributed by atoms with Crippen molar-refractivity contribution in [2.45, 2.75) is 6.18 Å². The highest BCUT2D eigenvalue weighted by Gasteiger charge is 2.31. The summed E-state index contributed by atoms with van der Waals surface area (Å²) in [6.45, 7) is 3.76. The van der Waals surface area contributed by atoms with E-state index in [0.29, 0.717) is 32.8 Å². The fourth-order valence-electron chi connectivity index (χ4n) is 2.39. The second-order valence-corrected chi connectivity index (χ2v) is 5.85. The van der Waals surface area contributed by atoms with E-state index in [0.717, 1.165) is 24.7 Å². The summed E-state index contributed by atoms with van der Waals surface area (Å²) < 4.78 is 43.3. The van der Waals surface area contributed by atoms with Crippen LogP contribution in [0.15, 0.2) is 18.2 Å². The van der Waals surface area contributed by atoms with Gasteiger partial charge < -0.3 is 15.0 Å². The van der Waals surface area contributed by atoms with Crippen molar-refractivity contribution in [1.82, 2.24) is 9.80 Å². The molecule has 1 aromatic carbocycles. The standard InChI is InChI=1S/C15H19ClF3N3O2/c1-24-9-8-21-4-6-22(7-5-21)14(23)20-13-10-11(15(17,18)19)2-3-12(13)16/h2-3,10H,4-9H2,1H3,(H,20,23). The molecule has 9 heteroatoms. The average molecular weight is 366 g/mol. The van der Waals surface area contributed by atoms with Gasteiger partial charge in [-0.1, -0.05) is 11.6 Å². The first-order chi connectivity index (χ1) is 11.3. The SMILES string of the molecule is COCCN1CCN(C(=O)Nc2cc(C(F)(F)F)ccc2Cl)CC1. The number of rotatable bonds is 4. The number of nitrogens with zero attached hydrogens (tertiary/aromatic N) is 2. The summed E-state index contributed by atoms with van der Waals surface area (Å²) in [6.07, 6.45) is -4.49. The maximum Gasteiger partial charge on any atom is 0.416 e. The molecule has 0 aliphatic carbocycles. The molecular formula is C15H19ClF3N3O2. The number of methoxy groups -OCH3 is 1. The summed E-state index contributed by atoms with van der Waals surface area (Å²) in [7, 11) is 1.63. The highest BCUT2D eigenvalue weighted by molar-refractivity contribution is 6.33. The van der Waals surface area contributed by atoms with E-state index in [2.05, 4.69) is 10.2 Å². The lowest BCUT2D eigenvalue weighted by Crippen LogP contribution is -2.50. The largest absolute Gasteiger partial charge is 0.416 e. The third-order valence-electron chi connectivity index (χ3n) is 3.81. The van der Waals surface area contributed by atoms with Gasteiger partial charge in [0.25, 0.3) is 0 Å². The molecule has 24 heavy (non-hydrogen) atoms. The third kappa shape index (κ3) is 4.99. The maximum absolute atomic E-state index is 12.8. The molecule has 0 bridgehead atoms. The summed E-state index contributed by atoms with van der Waals surface area (Å²) in [5, 5.41) is 2.53. The predicted octanol–water partition coefficient (Wildman–Crippen LogP) is 3.15. The minimum atomic E-state index is -4.49. The van der Waals surface area contributed by atoms with Gasteiger partial charge in [-0.3, -0.25) is 4.90 Å². The van der Waals surface area contributed by atoms with Gasteiger partial charge in [-0.25, -0.2) is 4.79 Å². The molecule has 0 aromatic heterocycles. The highest BCUT2D eigenvalue weighted by Crippen LogP contribution is 2.33. The van der Waals surface area contributed by atoms with Crippen LogP contribution in [0.2, 0.25) is 5.02 Å². The van der Waals surface area contributed by atoms with Gasteiger partial charge in [-0.15, -0.1) is 0 Å². The topological polar surface area (TPSA) is 44.8 Å². The summed E-state index contributed by atoms with van der Waals surface area (Å²) >= 11 is 5.89. The Hall–Kier alpha value is -1.51. The van der Waals surface area contributed by atoms with E-state index in [4.69, 9.17) is 16.3 Å². The Bertz CT molecular complexity index is 576. The van der Waals surface area contributed by atoms with Gasteiger partial charge in [-0.2, -0.15) is 13.2 Å². The smallest absolute Gasteiger partial charge is 0.383 e. The lowest BCUT2D eigenvalue weighted by atomic mass is 10.2. The first-order valence-corrected chi connectivity index (χ1v) is 7.83. The van der Waals surface area contributed by atoms with Crippen LogP contribution in [0.1, 0.15) is 5.56 Å². The van der Waals surface area contributed by atoms with Gasteiger partial charge in [0.2, 0.25) is 0 Å². The molecule has 0 atom stereocenters. The summed E-state index contributed by atoms with van der Waals surface area (Å²) in [5.41, 5.74) is -0.898. The Kier molecular flexibility index (Phi) is 6.31. The second-order valence-electron chi connectivity index (χ2n) is 5.44. The number of carbonyl (C=O) groups is 1. The Labute approximate surface area is 143 Å². The number of hydrogen-bond acceptors (Lipinski definition) is 3. The zero-order valence-corrected chi connectivity index (χ0v) is 14.0. The van der Waals surface area contributed by atoms with Crippen molar-refractivity contribution in [3.63, 3.8) is 0 Å². The van der Waals surface area contributed by atoms with E-state index in [1.165, 1.54) is 0 Å². The summed E-state index contributed by atoms with van der Waals surface area (Å²) in [6, 6.07) is 2.40. The number of hydrogen-bond donors (Lipinski definition) is 1. The number of carbonyl (C=O) groups excluding carboxylic acids is 1. The van der Waals surface area contributed by atoms with Crippen LogP contribution >= 0.6 is 11.6 Å². The molecule has 0 radical (unpaired) electrons. The zero-order valence-electron chi connectivity index (χ0n) is 13.2. The summed E-state index contributed by atoms with van der Waals surface area (Å²) in [5.74, 6) is 0. The minimum Gasteiger partial charge on any atom is -0.383 e. The Morgan fingerprint density at radius 3 is 2.54 bits per heavy atom. The van der Waals surface area contributed by atoms with Crippen LogP contribution in [-0.4, -0.2) is 62.3 Å². The molecule has 1 fully saturated rings. The van der Waals surface area contributed by atoms with Crippen LogP contribution in [0.5, 0.6) is 0 Å². The molecule has 1 aliphatic rings. The van der Waals surface area contributed by atoms with Crippen molar-refractivity contribution < 1.29 is 22.7 Å². The maximum atomic E-state index is 12.8. The molecule has 1 aliphatic heterocycles. The predicted molar refractivity (Wildman–Crippen MR) is 85.4 cm³/mol. The molecule has 134 valence electrons. The van der Waals surface area contributed by atoms with E-state index >= 15 is 0 Å². The van der Waals surface area contributed by atoms with Crippen molar-refractivity contribution in [1.29, 1.82) is 0 Å². The average Bonchev–Trinajstić information content (AvgIpc) is 2.54. The molecule has 0 unspecified atom stereocenters. The van der Waals surface area contributed by atoms with Crippen molar-refractivity contribution in [2.24, 2.45) is 0 Å². The summed E-state index contributed by atoms with van der Waals surface area (Å²) in [4.78, 5) is 15.9. The number of piperazine rings is 1. The molecule has 1 N–H and O–H groups in total. The van der Waals surface area contributed by atoms with Crippen LogP contribution in [0.4, 0.5) is 23.7 Å². The fourth-order valence-corrected chi connectivity index (χ4v) is 2.55. The van der Waals surface area contributed by atoms with Crippen molar-refractivity contribution in [2.75, 3.05) is 51.8 Å². The van der Waals surface area contributed by atoms with E-state index < -0.39 is 17.8 Å². The van der Waals surface area contributed by atoms with Gasteiger partial charge in [-0.05, 0) is 18.2 Å². The molecule has 0 spiro atoms. The molecule has 1 aromatic rings. The minimum absolute atomic E-state index is 0.0432. The Morgan fingerprint density at radius 1 is 1.29 bits per heavy atom.